The quantitative estimate of drug-likeness (QED) is 0.132. The second kappa shape index (κ2) is 11.3. The maximum Gasteiger partial charge on any atom is 0.0632 e. The highest BCUT2D eigenvalue weighted by atomic mass is 15.0. The van der Waals surface area contributed by atoms with Crippen LogP contribution in [0.3, 0.4) is 0 Å². The zero-order valence-electron chi connectivity index (χ0n) is 27.5. The molecule has 0 N–H and O–H groups in total. The third-order valence-corrected chi connectivity index (χ3v) is 10.4. The molecule has 10 rings (SSSR count). The molecule has 0 fully saturated rings. The molecule has 0 radical (unpaired) electrons. The summed E-state index contributed by atoms with van der Waals surface area (Å²) in [6.07, 6.45) is 0. The van der Waals surface area contributed by atoms with Gasteiger partial charge in [-0.25, -0.2) is 0 Å². The molecule has 1 heterocycles. The van der Waals surface area contributed by atoms with Crippen molar-refractivity contribution in [1.29, 1.82) is 0 Å². The fraction of sp³-hybridized carbons (Fsp3) is 0.0208. The number of benzene rings is 9. The lowest BCUT2D eigenvalue weighted by atomic mass is 9.88. The number of hydrogen-bond donors (Lipinski definition) is 0. The lowest BCUT2D eigenvalue weighted by Crippen LogP contribution is -1.94. The normalized spacial score (nSPS) is 11.8. The standard InChI is InChI=1S/C48H32N2/c1-49-30-31-10-8-13-33(26-31)35-21-25-44-45(28-35)40-15-5-4-14-39(40)43-18-9-17-38(48(43)44)36-22-24-42-41-16-6-7-19-46(41)50(47(42)29-36)37-23-20-32-11-2-3-12-34(32)27-37/h2-29H,1,30H2. The summed E-state index contributed by atoms with van der Waals surface area (Å²) in [5, 5.41) is 12.6. The monoisotopic (exact) mass is 636 g/mol. The lowest BCUT2D eigenvalue weighted by molar-refractivity contribution is 1.08. The Morgan fingerprint density at radius 3 is 1.96 bits per heavy atom. The van der Waals surface area contributed by atoms with Crippen molar-refractivity contribution in [3.8, 4) is 27.9 Å². The minimum atomic E-state index is 0.614. The molecule has 0 atom stereocenters. The van der Waals surface area contributed by atoms with E-state index in [4.69, 9.17) is 0 Å². The van der Waals surface area contributed by atoms with Crippen LogP contribution in [0.25, 0.3) is 92.8 Å². The molecule has 0 unspecified atom stereocenters. The van der Waals surface area contributed by atoms with E-state index in [2.05, 4.69) is 186 Å². The van der Waals surface area contributed by atoms with E-state index in [0.717, 1.165) is 0 Å². The van der Waals surface area contributed by atoms with Crippen LogP contribution in [0.1, 0.15) is 5.56 Å². The van der Waals surface area contributed by atoms with Crippen LogP contribution in [0.5, 0.6) is 0 Å². The van der Waals surface area contributed by atoms with E-state index >= 15 is 0 Å². The Bertz CT molecular complexity index is 2980. The van der Waals surface area contributed by atoms with Gasteiger partial charge in [0.05, 0.1) is 17.6 Å². The van der Waals surface area contributed by atoms with Gasteiger partial charge in [0.25, 0.3) is 0 Å². The first-order valence-corrected chi connectivity index (χ1v) is 17.2. The first kappa shape index (κ1) is 28.5. The summed E-state index contributed by atoms with van der Waals surface area (Å²) in [6.45, 7) is 4.32. The third kappa shape index (κ3) is 4.39. The molecule has 0 spiro atoms. The number of aliphatic imine (C=N–C) groups is 1. The highest BCUT2D eigenvalue weighted by Crippen LogP contribution is 2.43. The molecule has 0 saturated heterocycles. The predicted octanol–water partition coefficient (Wildman–Crippen LogP) is 12.9. The van der Waals surface area contributed by atoms with Crippen LogP contribution in [-0.2, 0) is 6.54 Å². The van der Waals surface area contributed by atoms with Gasteiger partial charge in [0.15, 0.2) is 0 Å². The van der Waals surface area contributed by atoms with Crippen LogP contribution in [0.4, 0.5) is 0 Å². The molecule has 0 bridgehead atoms. The number of rotatable bonds is 5. The van der Waals surface area contributed by atoms with Crippen LogP contribution in [-0.4, -0.2) is 11.3 Å². The van der Waals surface area contributed by atoms with Crippen LogP contribution in [0.15, 0.2) is 175 Å². The number of hydrogen-bond acceptors (Lipinski definition) is 1. The van der Waals surface area contributed by atoms with Crippen molar-refractivity contribution in [1.82, 2.24) is 4.57 Å². The fourth-order valence-corrected chi connectivity index (χ4v) is 8.14. The van der Waals surface area contributed by atoms with Crippen molar-refractivity contribution < 1.29 is 0 Å². The third-order valence-electron chi connectivity index (χ3n) is 10.4. The minimum absolute atomic E-state index is 0.614. The smallest absolute Gasteiger partial charge is 0.0632 e. The Hall–Kier alpha value is -6.51. The minimum Gasteiger partial charge on any atom is -0.309 e. The zero-order valence-corrected chi connectivity index (χ0v) is 27.5. The predicted molar refractivity (Wildman–Crippen MR) is 215 cm³/mol. The molecule has 0 aliphatic rings. The molecule has 0 aliphatic heterocycles. The van der Waals surface area contributed by atoms with Crippen LogP contribution in [0.2, 0.25) is 0 Å². The molecular formula is C48H32N2. The first-order chi connectivity index (χ1) is 24.7. The van der Waals surface area contributed by atoms with E-state index in [9.17, 15) is 0 Å². The molecular weight excluding hydrogens is 605 g/mol. The van der Waals surface area contributed by atoms with Gasteiger partial charge in [-0.1, -0.05) is 133 Å². The van der Waals surface area contributed by atoms with Crippen molar-refractivity contribution in [3.05, 3.63) is 175 Å². The molecule has 234 valence electrons. The van der Waals surface area contributed by atoms with E-state index in [-0.39, 0.29) is 0 Å². The van der Waals surface area contributed by atoms with Gasteiger partial charge in [0, 0.05) is 16.5 Å². The van der Waals surface area contributed by atoms with Gasteiger partial charge < -0.3 is 4.57 Å². The van der Waals surface area contributed by atoms with E-state index < -0.39 is 0 Å². The molecule has 0 aliphatic carbocycles. The summed E-state index contributed by atoms with van der Waals surface area (Å²) in [4.78, 5) is 4.12. The van der Waals surface area contributed by atoms with Gasteiger partial charge in [-0.05, 0) is 114 Å². The zero-order chi connectivity index (χ0) is 33.2. The Morgan fingerprint density at radius 2 is 1.08 bits per heavy atom. The van der Waals surface area contributed by atoms with Crippen LogP contribution >= 0.6 is 0 Å². The Labute approximate surface area is 290 Å². The van der Waals surface area contributed by atoms with Gasteiger partial charge in [0.1, 0.15) is 0 Å². The molecule has 2 nitrogen and oxygen atoms in total. The fourth-order valence-electron chi connectivity index (χ4n) is 8.14. The van der Waals surface area contributed by atoms with Crippen molar-refractivity contribution >= 4 is 71.6 Å². The average Bonchev–Trinajstić information content (AvgIpc) is 3.51. The van der Waals surface area contributed by atoms with E-state index in [0.29, 0.717) is 6.54 Å². The van der Waals surface area contributed by atoms with Crippen molar-refractivity contribution in [3.63, 3.8) is 0 Å². The van der Waals surface area contributed by atoms with Crippen LogP contribution < -0.4 is 0 Å². The van der Waals surface area contributed by atoms with E-state index in [1.54, 1.807) is 0 Å². The highest BCUT2D eigenvalue weighted by molar-refractivity contribution is 6.29. The number of para-hydroxylation sites is 1. The summed E-state index contributed by atoms with van der Waals surface area (Å²) in [7, 11) is 0. The van der Waals surface area contributed by atoms with E-state index in [1.165, 1.54) is 98.4 Å². The van der Waals surface area contributed by atoms with Gasteiger partial charge >= 0.3 is 0 Å². The Morgan fingerprint density at radius 1 is 0.420 bits per heavy atom. The van der Waals surface area contributed by atoms with Gasteiger partial charge in [0.2, 0.25) is 0 Å². The Kier molecular flexibility index (Phi) is 6.43. The van der Waals surface area contributed by atoms with Gasteiger partial charge in [-0.15, -0.1) is 0 Å². The highest BCUT2D eigenvalue weighted by Gasteiger charge is 2.17. The summed E-state index contributed by atoms with van der Waals surface area (Å²) >= 11 is 0. The van der Waals surface area contributed by atoms with Crippen molar-refractivity contribution in [2.24, 2.45) is 4.99 Å². The maximum atomic E-state index is 4.12. The number of fused-ring (bicyclic) bond motifs is 10. The molecule has 1 aromatic heterocycles. The van der Waals surface area contributed by atoms with Gasteiger partial charge in [-0.2, -0.15) is 0 Å². The summed E-state index contributed by atoms with van der Waals surface area (Å²) < 4.78 is 2.43. The SMILES string of the molecule is C=NCc1cccc(-c2ccc3c(c2)c2ccccc2c2cccc(-c4ccc5c6ccccc6n(-c6ccc7ccccc7c6)c5c4)c23)c1. The average molecular weight is 637 g/mol. The van der Waals surface area contributed by atoms with Crippen molar-refractivity contribution in [2.45, 2.75) is 6.54 Å². The first-order valence-electron chi connectivity index (χ1n) is 17.2. The largest absolute Gasteiger partial charge is 0.309 e. The second-order valence-corrected chi connectivity index (χ2v) is 13.2. The lowest BCUT2D eigenvalue weighted by Gasteiger charge is -2.16. The summed E-state index contributed by atoms with van der Waals surface area (Å²) in [5.74, 6) is 0. The van der Waals surface area contributed by atoms with Gasteiger partial charge in [-0.3, -0.25) is 4.99 Å². The molecule has 0 amide bonds. The Balaban J connectivity index is 1.24. The van der Waals surface area contributed by atoms with E-state index in [1.807, 2.05) is 0 Å². The summed E-state index contributed by atoms with van der Waals surface area (Å²) in [6, 6.07) is 62.4. The number of aromatic nitrogens is 1. The maximum absolute atomic E-state index is 4.12. The molecule has 50 heavy (non-hydrogen) atoms. The summed E-state index contributed by atoms with van der Waals surface area (Å²) in [5.41, 5.74) is 9.59. The molecule has 0 saturated carbocycles. The van der Waals surface area contributed by atoms with Crippen molar-refractivity contribution in [2.75, 3.05) is 0 Å². The second-order valence-electron chi connectivity index (χ2n) is 13.2. The molecule has 10 aromatic rings. The molecule has 2 heteroatoms. The molecule has 9 aromatic carbocycles. The van der Waals surface area contributed by atoms with Crippen LogP contribution in [0, 0.1) is 0 Å². The topological polar surface area (TPSA) is 17.3 Å². The number of nitrogens with zero attached hydrogens (tertiary/aromatic N) is 2.